The van der Waals surface area contributed by atoms with Gasteiger partial charge in [0.1, 0.15) is 5.75 Å². The van der Waals surface area contributed by atoms with Crippen LogP contribution in [-0.4, -0.2) is 40.8 Å². The number of thioether (sulfide) groups is 1. The van der Waals surface area contributed by atoms with Crippen LogP contribution in [0.3, 0.4) is 0 Å². The number of aromatic amines is 1. The lowest BCUT2D eigenvalue weighted by Crippen LogP contribution is -2.34. The molecule has 2 aromatic carbocycles. The zero-order valence-corrected chi connectivity index (χ0v) is 23.1. The molecule has 0 saturated heterocycles. The number of benzene rings is 2. The molecule has 10 nitrogen and oxygen atoms in total. The van der Waals surface area contributed by atoms with E-state index in [-0.39, 0.29) is 34.2 Å². The fourth-order valence-corrected chi connectivity index (χ4v) is 4.80. The van der Waals surface area contributed by atoms with Gasteiger partial charge in [0.05, 0.1) is 33.9 Å². The van der Waals surface area contributed by atoms with Crippen LogP contribution in [0.15, 0.2) is 63.1 Å². The summed E-state index contributed by atoms with van der Waals surface area (Å²) in [6, 6.07) is 11.7. The molecule has 0 unspecified atom stereocenters. The van der Waals surface area contributed by atoms with Crippen molar-refractivity contribution in [2.24, 2.45) is 0 Å². The Morgan fingerprint density at radius 2 is 1.77 bits per heavy atom. The average molecular weight is 613 g/mol. The number of ether oxygens (including phenoxy) is 4. The molecular formula is C25H20Cl2F2N4O6S. The molecule has 0 fully saturated rings. The molecule has 210 valence electrons. The standard InChI is InChI=1S/C25H20Cl2F2N4O6S/c1-36-12-38-18-10-30-20(9-19(18)40-11-13-3-5-15(37-2)6-4-13)39-22-16(26)7-14(8-17(22)27)33-25(35)31-24(34)21(32-33)23(28)29/h3-10,23H,11-12H2,1-2H3,(H,31,34,35). The summed E-state index contributed by atoms with van der Waals surface area (Å²) in [6.45, 7) is 0.00251. The number of pyridine rings is 1. The third-order valence-electron chi connectivity index (χ3n) is 5.19. The molecule has 4 aromatic rings. The third kappa shape index (κ3) is 6.91. The predicted molar refractivity (Wildman–Crippen MR) is 145 cm³/mol. The van der Waals surface area contributed by atoms with E-state index in [0.29, 0.717) is 21.1 Å². The lowest BCUT2D eigenvalue weighted by molar-refractivity contribution is 0.0488. The number of H-pyrrole nitrogens is 1. The monoisotopic (exact) mass is 612 g/mol. The van der Waals surface area contributed by atoms with E-state index in [1.165, 1.54) is 37.2 Å². The van der Waals surface area contributed by atoms with E-state index in [0.717, 1.165) is 11.3 Å². The summed E-state index contributed by atoms with van der Waals surface area (Å²) in [5, 5.41) is 3.30. The number of rotatable bonds is 11. The first kappa shape index (κ1) is 29.3. The van der Waals surface area contributed by atoms with E-state index in [9.17, 15) is 18.4 Å². The van der Waals surface area contributed by atoms with Gasteiger partial charge >= 0.3 is 5.69 Å². The molecular weight excluding hydrogens is 593 g/mol. The predicted octanol–water partition coefficient (Wildman–Crippen LogP) is 5.64. The van der Waals surface area contributed by atoms with Crippen molar-refractivity contribution < 1.29 is 27.7 Å². The van der Waals surface area contributed by atoms with Crippen molar-refractivity contribution in [2.75, 3.05) is 21.0 Å². The van der Waals surface area contributed by atoms with Gasteiger partial charge in [0.2, 0.25) is 5.88 Å². The number of nitrogens with one attached hydrogen (secondary N) is 1. The fourth-order valence-electron chi connectivity index (χ4n) is 3.29. The van der Waals surface area contributed by atoms with Crippen molar-refractivity contribution >= 4 is 35.0 Å². The molecule has 0 aliphatic heterocycles. The summed E-state index contributed by atoms with van der Waals surface area (Å²) in [5.74, 6) is 1.90. The van der Waals surface area contributed by atoms with Crippen LogP contribution in [0, 0.1) is 0 Å². The SMILES string of the molecule is COCOc1cnc(Oc2c(Cl)cc(-n3nc(C(F)F)c(=O)[nH]c3=O)cc2Cl)cc1SCc1ccc(OC)cc1. The second-order valence-corrected chi connectivity index (χ2v) is 9.69. The summed E-state index contributed by atoms with van der Waals surface area (Å²) < 4.78 is 48.5. The minimum atomic E-state index is -3.21. The van der Waals surface area contributed by atoms with Gasteiger partial charge in [0, 0.05) is 18.9 Å². The van der Waals surface area contributed by atoms with Gasteiger partial charge in [0.15, 0.2) is 24.0 Å². The summed E-state index contributed by atoms with van der Waals surface area (Å²) in [7, 11) is 3.09. The van der Waals surface area contributed by atoms with Crippen LogP contribution in [0.1, 0.15) is 17.7 Å². The van der Waals surface area contributed by atoms with Gasteiger partial charge in [-0.15, -0.1) is 11.8 Å². The highest BCUT2D eigenvalue weighted by molar-refractivity contribution is 7.98. The van der Waals surface area contributed by atoms with E-state index < -0.39 is 23.4 Å². The third-order valence-corrected chi connectivity index (χ3v) is 6.86. The van der Waals surface area contributed by atoms with Gasteiger partial charge in [-0.3, -0.25) is 9.78 Å². The number of alkyl halides is 2. The van der Waals surface area contributed by atoms with Crippen LogP contribution in [0.4, 0.5) is 8.78 Å². The Morgan fingerprint density at radius 1 is 1.07 bits per heavy atom. The molecule has 0 spiro atoms. The highest BCUT2D eigenvalue weighted by Gasteiger charge is 2.20. The molecule has 15 heteroatoms. The molecule has 1 N–H and O–H groups in total. The van der Waals surface area contributed by atoms with Gasteiger partial charge < -0.3 is 18.9 Å². The van der Waals surface area contributed by atoms with Crippen molar-refractivity contribution in [1.82, 2.24) is 19.7 Å². The second-order valence-electron chi connectivity index (χ2n) is 7.85. The van der Waals surface area contributed by atoms with Crippen molar-refractivity contribution in [2.45, 2.75) is 17.1 Å². The van der Waals surface area contributed by atoms with Crippen molar-refractivity contribution in [3.63, 3.8) is 0 Å². The smallest absolute Gasteiger partial charge is 0.349 e. The number of hydrogen-bond acceptors (Lipinski definition) is 9. The van der Waals surface area contributed by atoms with Crippen LogP contribution >= 0.6 is 35.0 Å². The van der Waals surface area contributed by atoms with Gasteiger partial charge in [-0.1, -0.05) is 35.3 Å². The topological polar surface area (TPSA) is 118 Å². The molecule has 0 aliphatic carbocycles. The van der Waals surface area contributed by atoms with Crippen molar-refractivity contribution in [3.8, 4) is 28.8 Å². The molecule has 40 heavy (non-hydrogen) atoms. The zero-order chi connectivity index (χ0) is 28.8. The molecule has 0 radical (unpaired) electrons. The van der Waals surface area contributed by atoms with E-state index in [4.69, 9.17) is 42.1 Å². The van der Waals surface area contributed by atoms with E-state index in [1.807, 2.05) is 24.3 Å². The molecule has 0 bridgehead atoms. The Kier molecular flexibility index (Phi) is 9.63. The Morgan fingerprint density at radius 3 is 2.40 bits per heavy atom. The lowest BCUT2D eigenvalue weighted by atomic mass is 10.2. The summed E-state index contributed by atoms with van der Waals surface area (Å²) in [4.78, 5) is 30.5. The molecule has 0 amide bonds. The normalized spacial score (nSPS) is 11.1. The van der Waals surface area contributed by atoms with Crippen molar-refractivity contribution in [1.29, 1.82) is 0 Å². The van der Waals surface area contributed by atoms with E-state index >= 15 is 0 Å². The zero-order valence-electron chi connectivity index (χ0n) is 20.8. The molecule has 2 aromatic heterocycles. The number of aromatic nitrogens is 4. The van der Waals surface area contributed by atoms with Crippen LogP contribution < -0.4 is 25.5 Å². The van der Waals surface area contributed by atoms with Crippen LogP contribution in [0.5, 0.6) is 23.1 Å². The maximum absolute atomic E-state index is 13.1. The Balaban J connectivity index is 1.61. The minimum absolute atomic E-state index is 0.00251. The second kappa shape index (κ2) is 13.1. The summed E-state index contributed by atoms with van der Waals surface area (Å²) in [5.41, 5.74) is -2.52. The summed E-state index contributed by atoms with van der Waals surface area (Å²) >= 11 is 14.2. The lowest BCUT2D eigenvalue weighted by Gasteiger charge is -2.14. The fraction of sp³-hybridized carbons (Fsp3) is 0.200. The molecule has 0 saturated carbocycles. The van der Waals surface area contributed by atoms with Gasteiger partial charge in [-0.05, 0) is 29.8 Å². The Bertz CT molecular complexity index is 1600. The number of nitrogens with zero attached hydrogens (tertiary/aromatic N) is 3. The maximum Gasteiger partial charge on any atom is 0.349 e. The van der Waals surface area contributed by atoms with Gasteiger partial charge in [-0.25, -0.2) is 18.6 Å². The van der Waals surface area contributed by atoms with Crippen molar-refractivity contribution in [3.05, 3.63) is 90.8 Å². The number of methoxy groups -OCH3 is 2. The number of hydrogen-bond donors (Lipinski definition) is 1. The van der Waals surface area contributed by atoms with Gasteiger partial charge in [-0.2, -0.15) is 9.78 Å². The molecule has 2 heterocycles. The quantitative estimate of drug-likeness (QED) is 0.170. The largest absolute Gasteiger partial charge is 0.497 e. The first-order valence-corrected chi connectivity index (χ1v) is 13.0. The Labute approximate surface area is 239 Å². The van der Waals surface area contributed by atoms with Crippen LogP contribution in [-0.2, 0) is 10.5 Å². The van der Waals surface area contributed by atoms with Gasteiger partial charge in [0.25, 0.3) is 12.0 Å². The first-order chi connectivity index (χ1) is 19.2. The van der Waals surface area contributed by atoms with E-state index in [1.54, 1.807) is 18.2 Å². The highest BCUT2D eigenvalue weighted by atomic mass is 35.5. The Hall–Kier alpha value is -3.65. The maximum atomic E-state index is 13.1. The summed E-state index contributed by atoms with van der Waals surface area (Å²) in [6.07, 6.45) is -1.75. The average Bonchev–Trinajstić information content (AvgIpc) is 2.93. The molecule has 4 rings (SSSR count). The van der Waals surface area contributed by atoms with Crippen LogP contribution in [0.25, 0.3) is 5.69 Å². The molecule has 0 atom stereocenters. The van der Waals surface area contributed by atoms with Crippen LogP contribution in [0.2, 0.25) is 10.0 Å². The first-order valence-electron chi connectivity index (χ1n) is 11.3. The number of halogens is 4. The molecule has 0 aliphatic rings. The van der Waals surface area contributed by atoms with E-state index in [2.05, 4.69) is 10.1 Å². The highest BCUT2D eigenvalue weighted by Crippen LogP contribution is 2.40. The minimum Gasteiger partial charge on any atom is -0.497 e.